The van der Waals surface area contributed by atoms with Crippen LogP contribution in [-0.2, 0) is 9.53 Å². The van der Waals surface area contributed by atoms with Crippen LogP contribution >= 0.6 is 0 Å². The molecule has 0 atom stereocenters. The Balaban J connectivity index is 5.14. The highest BCUT2D eigenvalue weighted by Crippen LogP contribution is 2.04. The molecule has 5 nitrogen and oxygen atoms in total. The van der Waals surface area contributed by atoms with Crippen LogP contribution in [0.3, 0.4) is 0 Å². The zero-order valence-corrected chi connectivity index (χ0v) is 13.8. The number of aliphatic carboxylic acids is 1. The maximum absolute atomic E-state index is 10.5. The van der Waals surface area contributed by atoms with Crippen molar-refractivity contribution in [2.24, 2.45) is 9.98 Å². The van der Waals surface area contributed by atoms with E-state index in [9.17, 15) is 4.79 Å². The molecule has 0 saturated heterocycles. The maximum atomic E-state index is 10.5. The molecule has 0 bridgehead atoms. The van der Waals surface area contributed by atoms with Gasteiger partial charge in [0.2, 0.25) is 0 Å². The molecule has 0 heterocycles. The van der Waals surface area contributed by atoms with Gasteiger partial charge in [-0.05, 0) is 39.8 Å². The van der Waals surface area contributed by atoms with Gasteiger partial charge in [-0.2, -0.15) is 0 Å². The van der Waals surface area contributed by atoms with E-state index in [0.29, 0.717) is 5.76 Å². The summed E-state index contributed by atoms with van der Waals surface area (Å²) < 4.78 is 5.69. The molecule has 0 saturated carbocycles. The second kappa shape index (κ2) is 11.3. The van der Waals surface area contributed by atoms with Crippen LogP contribution in [-0.4, -0.2) is 36.2 Å². The van der Waals surface area contributed by atoms with Gasteiger partial charge in [0.25, 0.3) is 0 Å². The van der Waals surface area contributed by atoms with Crippen LogP contribution in [0.5, 0.6) is 0 Å². The second-order valence-corrected chi connectivity index (χ2v) is 4.35. The molecule has 0 aliphatic rings. The van der Waals surface area contributed by atoms with Gasteiger partial charge in [0.05, 0.1) is 11.4 Å². The maximum Gasteiger partial charge on any atom is 0.328 e. The van der Waals surface area contributed by atoms with Gasteiger partial charge in [-0.15, -0.1) is 0 Å². The van der Waals surface area contributed by atoms with Gasteiger partial charge in [0.1, 0.15) is 12.4 Å². The first-order valence-electron chi connectivity index (χ1n) is 6.95. The lowest BCUT2D eigenvalue weighted by molar-refractivity contribution is -0.131. The number of carbonyl (C=O) groups is 1. The SMILES string of the molecule is C\C=C/C(=C\C=C\C(=O)O)OCC(=N/C(C)=C/C)/C(C)=N\C. The molecular weight excluding hydrogens is 280 g/mol. The van der Waals surface area contributed by atoms with E-state index in [-0.39, 0.29) is 6.61 Å². The van der Waals surface area contributed by atoms with E-state index in [2.05, 4.69) is 9.98 Å². The van der Waals surface area contributed by atoms with Crippen LogP contribution in [0.1, 0.15) is 27.7 Å². The summed E-state index contributed by atoms with van der Waals surface area (Å²) in [7, 11) is 1.70. The van der Waals surface area contributed by atoms with E-state index in [1.54, 1.807) is 19.2 Å². The van der Waals surface area contributed by atoms with Crippen LogP contribution < -0.4 is 0 Å². The number of nitrogens with zero attached hydrogens (tertiary/aromatic N) is 2. The Hall–Kier alpha value is -2.43. The number of rotatable bonds is 8. The molecule has 0 aliphatic carbocycles. The lowest BCUT2D eigenvalue weighted by atomic mass is 10.2. The first-order chi connectivity index (χ1) is 10.4. The number of carboxylic acid groups (broad SMARTS) is 1. The van der Waals surface area contributed by atoms with Crippen molar-refractivity contribution in [1.29, 1.82) is 0 Å². The van der Waals surface area contributed by atoms with Crippen LogP contribution in [0.2, 0.25) is 0 Å². The number of carboxylic acids is 1. The molecule has 0 aromatic heterocycles. The average molecular weight is 304 g/mol. The minimum atomic E-state index is -1.00. The molecule has 1 N–H and O–H groups in total. The lowest BCUT2D eigenvalue weighted by Crippen LogP contribution is -2.17. The summed E-state index contributed by atoms with van der Waals surface area (Å²) in [5.74, 6) is -0.453. The van der Waals surface area contributed by atoms with Gasteiger partial charge in [0.15, 0.2) is 0 Å². The number of hydrogen-bond donors (Lipinski definition) is 1. The molecule has 0 rings (SSSR count). The quantitative estimate of drug-likeness (QED) is 0.322. The van der Waals surface area contributed by atoms with Gasteiger partial charge >= 0.3 is 5.97 Å². The molecule has 0 fully saturated rings. The third-order valence-electron chi connectivity index (χ3n) is 2.69. The topological polar surface area (TPSA) is 71.2 Å². The predicted molar refractivity (Wildman–Crippen MR) is 91.5 cm³/mol. The summed E-state index contributed by atoms with van der Waals surface area (Å²) in [6, 6.07) is 0. The van der Waals surface area contributed by atoms with Gasteiger partial charge in [-0.1, -0.05) is 18.2 Å². The summed E-state index contributed by atoms with van der Waals surface area (Å²) in [4.78, 5) is 19.1. The molecule has 22 heavy (non-hydrogen) atoms. The second-order valence-electron chi connectivity index (χ2n) is 4.35. The fourth-order valence-electron chi connectivity index (χ4n) is 1.32. The van der Waals surface area contributed by atoms with Crippen LogP contribution in [0.15, 0.2) is 57.9 Å². The van der Waals surface area contributed by atoms with Crippen LogP contribution in [0.25, 0.3) is 0 Å². The fraction of sp³-hybridized carbons (Fsp3) is 0.353. The number of allylic oxidation sites excluding steroid dienone is 6. The molecule has 0 aliphatic heterocycles. The molecule has 0 aromatic carbocycles. The fourth-order valence-corrected chi connectivity index (χ4v) is 1.32. The molecule has 0 amide bonds. The highest BCUT2D eigenvalue weighted by molar-refractivity contribution is 6.42. The number of hydrogen-bond acceptors (Lipinski definition) is 4. The highest BCUT2D eigenvalue weighted by Gasteiger charge is 2.05. The Labute approximate surface area is 132 Å². The van der Waals surface area contributed by atoms with Crippen molar-refractivity contribution in [2.75, 3.05) is 13.7 Å². The van der Waals surface area contributed by atoms with Crippen molar-refractivity contribution in [3.05, 3.63) is 47.9 Å². The molecular formula is C17H24N2O3. The number of ether oxygens (including phenoxy) is 1. The molecule has 0 radical (unpaired) electrons. The standard InChI is InChI=1S/C17H24N2O3/c1-6-9-15(10-8-11-17(20)21)22-12-16(14(4)18-5)19-13(3)7-2/h6-11H,12H2,1-5H3,(H,20,21)/b9-6-,11-8+,13-7+,15-10+,18-14-,19-16-. The smallest absolute Gasteiger partial charge is 0.328 e. The predicted octanol–water partition coefficient (Wildman–Crippen LogP) is 3.56. The number of aliphatic imine (C=N–C) groups is 2. The first-order valence-corrected chi connectivity index (χ1v) is 6.95. The van der Waals surface area contributed by atoms with Crippen molar-refractivity contribution in [3.8, 4) is 0 Å². The van der Waals surface area contributed by atoms with Crippen molar-refractivity contribution >= 4 is 17.4 Å². The third-order valence-corrected chi connectivity index (χ3v) is 2.69. The molecule has 0 spiro atoms. The summed E-state index contributed by atoms with van der Waals surface area (Å²) in [6.07, 6.45) is 9.53. The summed E-state index contributed by atoms with van der Waals surface area (Å²) in [5, 5.41) is 8.59. The normalized spacial score (nSPS) is 15.0. The summed E-state index contributed by atoms with van der Waals surface area (Å²) >= 11 is 0. The van der Waals surface area contributed by atoms with E-state index in [1.165, 1.54) is 6.08 Å². The monoisotopic (exact) mass is 304 g/mol. The zero-order chi connectivity index (χ0) is 17.0. The lowest BCUT2D eigenvalue weighted by Gasteiger charge is -2.09. The van der Waals surface area contributed by atoms with Gasteiger partial charge < -0.3 is 9.84 Å². The van der Waals surface area contributed by atoms with Gasteiger partial charge in [0, 0.05) is 18.8 Å². The van der Waals surface area contributed by atoms with E-state index >= 15 is 0 Å². The largest absolute Gasteiger partial charge is 0.487 e. The minimum absolute atomic E-state index is 0.255. The van der Waals surface area contributed by atoms with E-state index < -0.39 is 5.97 Å². The van der Waals surface area contributed by atoms with Crippen LogP contribution in [0.4, 0.5) is 0 Å². The average Bonchev–Trinajstić information content (AvgIpc) is 2.49. The summed E-state index contributed by atoms with van der Waals surface area (Å²) in [5.41, 5.74) is 2.40. The molecule has 0 unspecified atom stereocenters. The first kappa shape index (κ1) is 19.6. The van der Waals surface area contributed by atoms with Gasteiger partial charge in [-0.3, -0.25) is 9.98 Å². The summed E-state index contributed by atoms with van der Waals surface area (Å²) in [6.45, 7) is 7.80. The van der Waals surface area contributed by atoms with Crippen molar-refractivity contribution in [2.45, 2.75) is 27.7 Å². The highest BCUT2D eigenvalue weighted by atomic mass is 16.5. The Morgan fingerprint density at radius 3 is 2.41 bits per heavy atom. The van der Waals surface area contributed by atoms with Crippen LogP contribution in [0, 0.1) is 0 Å². The van der Waals surface area contributed by atoms with Crippen molar-refractivity contribution in [1.82, 2.24) is 0 Å². The van der Waals surface area contributed by atoms with E-state index in [4.69, 9.17) is 9.84 Å². The zero-order valence-electron chi connectivity index (χ0n) is 13.8. The van der Waals surface area contributed by atoms with E-state index in [1.807, 2.05) is 39.8 Å². The van der Waals surface area contributed by atoms with Crippen molar-refractivity contribution < 1.29 is 14.6 Å². The Bertz CT molecular complexity index is 550. The third kappa shape index (κ3) is 8.68. The molecule has 120 valence electrons. The van der Waals surface area contributed by atoms with Crippen molar-refractivity contribution in [3.63, 3.8) is 0 Å². The molecule has 5 heteroatoms. The van der Waals surface area contributed by atoms with Gasteiger partial charge in [-0.25, -0.2) is 4.79 Å². The Morgan fingerprint density at radius 1 is 1.23 bits per heavy atom. The Morgan fingerprint density at radius 2 is 1.91 bits per heavy atom. The minimum Gasteiger partial charge on any atom is -0.487 e. The van der Waals surface area contributed by atoms with E-state index in [0.717, 1.165) is 23.2 Å². The Kier molecular flexibility index (Phi) is 10.0. The molecule has 0 aromatic rings.